The molecular weight excluding hydrogens is 308 g/mol. The summed E-state index contributed by atoms with van der Waals surface area (Å²) in [5, 5.41) is 4.62. The van der Waals surface area contributed by atoms with E-state index >= 15 is 0 Å². The lowest BCUT2D eigenvalue weighted by molar-refractivity contribution is -0.125. The highest BCUT2D eigenvalue weighted by Gasteiger charge is 2.33. The van der Waals surface area contributed by atoms with Crippen LogP contribution >= 0.6 is 11.8 Å². The smallest absolute Gasteiger partial charge is 0.231 e. The number of nitrogens with one attached hydrogen (secondary N) is 1. The molecule has 2 aromatic rings. The molecule has 0 saturated heterocycles. The van der Waals surface area contributed by atoms with Crippen LogP contribution in [0.2, 0.25) is 0 Å². The van der Waals surface area contributed by atoms with Gasteiger partial charge in [0.2, 0.25) is 5.91 Å². The SMILES string of the molecule is CCC(CC)(CN)C(=O)Nc1ccnc(Sc2ccccn2)c1. The average molecular weight is 330 g/mol. The van der Waals surface area contributed by atoms with Gasteiger partial charge in [0.1, 0.15) is 10.1 Å². The number of nitrogens with zero attached hydrogens (tertiary/aromatic N) is 2. The van der Waals surface area contributed by atoms with Crippen LogP contribution in [0.1, 0.15) is 26.7 Å². The van der Waals surface area contributed by atoms with Gasteiger partial charge in [0.15, 0.2) is 0 Å². The largest absolute Gasteiger partial charge is 0.329 e. The number of nitrogens with two attached hydrogens (primary N) is 1. The van der Waals surface area contributed by atoms with Crippen LogP contribution in [0.25, 0.3) is 0 Å². The summed E-state index contributed by atoms with van der Waals surface area (Å²) >= 11 is 1.46. The van der Waals surface area contributed by atoms with Crippen LogP contribution in [0.3, 0.4) is 0 Å². The van der Waals surface area contributed by atoms with E-state index in [2.05, 4.69) is 15.3 Å². The molecule has 2 heterocycles. The molecule has 0 unspecified atom stereocenters. The molecule has 2 aromatic heterocycles. The van der Waals surface area contributed by atoms with Gasteiger partial charge in [-0.3, -0.25) is 4.79 Å². The number of pyridine rings is 2. The average Bonchev–Trinajstić information content (AvgIpc) is 2.58. The Morgan fingerprint density at radius 1 is 1.17 bits per heavy atom. The van der Waals surface area contributed by atoms with Gasteiger partial charge in [-0.1, -0.05) is 31.7 Å². The van der Waals surface area contributed by atoms with Crippen LogP contribution < -0.4 is 11.1 Å². The third-order valence-electron chi connectivity index (χ3n) is 4.07. The first-order valence-corrected chi connectivity index (χ1v) is 8.51. The van der Waals surface area contributed by atoms with E-state index in [1.165, 1.54) is 11.8 Å². The van der Waals surface area contributed by atoms with E-state index in [0.29, 0.717) is 19.4 Å². The van der Waals surface area contributed by atoms with E-state index in [1.54, 1.807) is 18.5 Å². The summed E-state index contributed by atoms with van der Waals surface area (Å²) in [6.45, 7) is 4.32. The summed E-state index contributed by atoms with van der Waals surface area (Å²) in [4.78, 5) is 21.1. The fourth-order valence-corrected chi connectivity index (χ4v) is 3.05. The summed E-state index contributed by atoms with van der Waals surface area (Å²) in [6, 6.07) is 9.36. The van der Waals surface area contributed by atoms with Gasteiger partial charge in [0.25, 0.3) is 0 Å². The van der Waals surface area contributed by atoms with Crippen molar-refractivity contribution in [1.82, 2.24) is 9.97 Å². The van der Waals surface area contributed by atoms with E-state index in [4.69, 9.17) is 5.73 Å². The lowest BCUT2D eigenvalue weighted by Crippen LogP contribution is -2.41. The highest BCUT2D eigenvalue weighted by atomic mass is 32.2. The first-order chi connectivity index (χ1) is 11.1. The van der Waals surface area contributed by atoms with Crippen LogP contribution in [-0.2, 0) is 4.79 Å². The normalized spacial score (nSPS) is 11.3. The maximum atomic E-state index is 12.6. The minimum Gasteiger partial charge on any atom is -0.329 e. The molecule has 0 atom stereocenters. The second kappa shape index (κ2) is 8.08. The Bertz CT molecular complexity index is 636. The molecule has 0 aliphatic heterocycles. The van der Waals surface area contributed by atoms with Gasteiger partial charge in [0, 0.05) is 24.6 Å². The Kier molecular flexibility index (Phi) is 6.12. The van der Waals surface area contributed by atoms with E-state index in [9.17, 15) is 4.79 Å². The maximum Gasteiger partial charge on any atom is 0.231 e. The molecule has 0 spiro atoms. The summed E-state index contributed by atoms with van der Waals surface area (Å²) in [6.07, 6.45) is 4.86. The van der Waals surface area contributed by atoms with Crippen molar-refractivity contribution in [2.45, 2.75) is 36.7 Å². The lowest BCUT2D eigenvalue weighted by Gasteiger charge is -2.28. The van der Waals surface area contributed by atoms with Crippen LogP contribution in [-0.4, -0.2) is 22.4 Å². The number of hydrogen-bond acceptors (Lipinski definition) is 5. The Morgan fingerprint density at radius 2 is 1.91 bits per heavy atom. The second-order valence-corrected chi connectivity index (χ2v) is 6.34. The number of hydrogen-bond donors (Lipinski definition) is 2. The third kappa shape index (κ3) is 4.30. The van der Waals surface area contributed by atoms with Crippen molar-refractivity contribution in [2.75, 3.05) is 11.9 Å². The molecule has 2 rings (SSSR count). The molecular formula is C17H22N4OS. The number of aromatic nitrogens is 2. The third-order valence-corrected chi connectivity index (χ3v) is 4.95. The summed E-state index contributed by atoms with van der Waals surface area (Å²) in [7, 11) is 0. The van der Waals surface area contributed by atoms with Gasteiger partial charge in [-0.2, -0.15) is 0 Å². The second-order valence-electron chi connectivity index (χ2n) is 5.30. The van der Waals surface area contributed by atoms with Gasteiger partial charge in [-0.05, 0) is 37.1 Å². The standard InChI is InChI=1S/C17H22N4OS/c1-3-17(4-2,12-18)16(22)21-13-8-10-20-15(11-13)23-14-7-5-6-9-19-14/h5-11H,3-4,12,18H2,1-2H3,(H,20,21,22). The molecule has 6 heteroatoms. The Morgan fingerprint density at radius 3 is 2.52 bits per heavy atom. The van der Waals surface area contributed by atoms with Crippen LogP contribution in [0.15, 0.2) is 52.8 Å². The fraction of sp³-hybridized carbons (Fsp3) is 0.353. The fourth-order valence-electron chi connectivity index (χ4n) is 2.27. The first-order valence-electron chi connectivity index (χ1n) is 7.70. The number of anilines is 1. The highest BCUT2D eigenvalue weighted by Crippen LogP contribution is 2.29. The van der Waals surface area contributed by atoms with Crippen LogP contribution in [0.4, 0.5) is 5.69 Å². The molecule has 0 aliphatic carbocycles. The van der Waals surface area contributed by atoms with Crippen LogP contribution in [0, 0.1) is 5.41 Å². The highest BCUT2D eigenvalue weighted by molar-refractivity contribution is 7.99. The van der Waals surface area contributed by atoms with Crippen LogP contribution in [0.5, 0.6) is 0 Å². The van der Waals surface area contributed by atoms with Gasteiger partial charge < -0.3 is 11.1 Å². The van der Waals surface area contributed by atoms with Crippen molar-refractivity contribution < 1.29 is 4.79 Å². The summed E-state index contributed by atoms with van der Waals surface area (Å²) in [5.41, 5.74) is 6.04. The first kappa shape index (κ1) is 17.4. The summed E-state index contributed by atoms with van der Waals surface area (Å²) in [5.74, 6) is -0.0370. The Labute approximate surface area is 141 Å². The predicted octanol–water partition coefficient (Wildman–Crippen LogP) is 3.33. The maximum absolute atomic E-state index is 12.6. The molecule has 0 saturated carbocycles. The van der Waals surface area contributed by atoms with E-state index in [0.717, 1.165) is 15.7 Å². The molecule has 0 radical (unpaired) electrons. The van der Waals surface area contributed by atoms with Gasteiger partial charge in [-0.15, -0.1) is 0 Å². The molecule has 3 N–H and O–H groups in total. The van der Waals surface area contributed by atoms with Gasteiger partial charge >= 0.3 is 0 Å². The molecule has 1 amide bonds. The van der Waals surface area contributed by atoms with Crippen molar-refractivity contribution in [3.63, 3.8) is 0 Å². The zero-order chi connectivity index (χ0) is 16.7. The summed E-state index contributed by atoms with van der Waals surface area (Å²) < 4.78 is 0. The topological polar surface area (TPSA) is 80.9 Å². The van der Waals surface area contributed by atoms with Crippen molar-refractivity contribution in [2.24, 2.45) is 11.1 Å². The zero-order valence-electron chi connectivity index (χ0n) is 13.5. The Balaban J connectivity index is 2.12. The lowest BCUT2D eigenvalue weighted by atomic mass is 9.81. The molecule has 23 heavy (non-hydrogen) atoms. The predicted molar refractivity (Wildman–Crippen MR) is 93.3 cm³/mol. The molecule has 0 fully saturated rings. The Hall–Kier alpha value is -1.92. The minimum atomic E-state index is -0.516. The van der Waals surface area contributed by atoms with Crippen molar-refractivity contribution in [1.29, 1.82) is 0 Å². The van der Waals surface area contributed by atoms with E-state index < -0.39 is 5.41 Å². The van der Waals surface area contributed by atoms with E-state index in [-0.39, 0.29) is 5.91 Å². The van der Waals surface area contributed by atoms with Gasteiger partial charge in [0.05, 0.1) is 5.41 Å². The molecule has 5 nitrogen and oxygen atoms in total. The number of carbonyl (C=O) groups excluding carboxylic acids is 1. The zero-order valence-corrected chi connectivity index (χ0v) is 14.3. The van der Waals surface area contributed by atoms with Crippen molar-refractivity contribution >= 4 is 23.4 Å². The number of rotatable bonds is 7. The quantitative estimate of drug-likeness (QED) is 0.814. The van der Waals surface area contributed by atoms with Crippen molar-refractivity contribution in [3.8, 4) is 0 Å². The molecule has 0 aromatic carbocycles. The van der Waals surface area contributed by atoms with Crippen molar-refractivity contribution in [3.05, 3.63) is 42.7 Å². The molecule has 0 bridgehead atoms. The number of amides is 1. The minimum absolute atomic E-state index is 0.0370. The van der Waals surface area contributed by atoms with E-state index in [1.807, 2.05) is 38.1 Å². The number of carbonyl (C=O) groups is 1. The molecule has 0 aliphatic rings. The molecule has 122 valence electrons. The van der Waals surface area contributed by atoms with Gasteiger partial charge in [-0.25, -0.2) is 9.97 Å². The monoisotopic (exact) mass is 330 g/mol.